The van der Waals surface area contributed by atoms with Gasteiger partial charge in [0.05, 0.1) is 10.6 Å². The first kappa shape index (κ1) is 12.6. The summed E-state index contributed by atoms with van der Waals surface area (Å²) in [5.41, 5.74) is 0.965. The summed E-state index contributed by atoms with van der Waals surface area (Å²) in [6.45, 7) is 0. The molecule has 2 aromatic rings. The summed E-state index contributed by atoms with van der Waals surface area (Å²) in [6, 6.07) is 10.1. The van der Waals surface area contributed by atoms with Crippen LogP contribution in [0.15, 0.2) is 47.5 Å². The van der Waals surface area contributed by atoms with E-state index in [9.17, 15) is 15.2 Å². The molecule has 2 aromatic carbocycles. The molecule has 0 spiro atoms. The lowest BCUT2D eigenvalue weighted by Gasteiger charge is -1.98. The lowest BCUT2D eigenvalue weighted by molar-refractivity contribution is -0.384. The molecular weight excluding hydrogens is 248 g/mol. The normalized spacial score (nSPS) is 10.7. The van der Waals surface area contributed by atoms with Gasteiger partial charge >= 0.3 is 0 Å². The van der Waals surface area contributed by atoms with E-state index in [1.807, 2.05) is 0 Å². The van der Waals surface area contributed by atoms with E-state index >= 15 is 0 Å². The van der Waals surface area contributed by atoms with E-state index in [0.29, 0.717) is 11.3 Å². The second-order valence-electron chi connectivity index (χ2n) is 3.78. The Bertz CT molecular complexity index is 653. The Labute approximate surface area is 108 Å². The van der Waals surface area contributed by atoms with E-state index in [0.717, 1.165) is 0 Å². The van der Waals surface area contributed by atoms with Gasteiger partial charge in [-0.25, -0.2) is 0 Å². The maximum atomic E-state index is 10.6. The fourth-order valence-corrected chi connectivity index (χ4v) is 1.46. The van der Waals surface area contributed by atoms with Crippen molar-refractivity contribution >= 4 is 17.6 Å². The van der Waals surface area contributed by atoms with Crippen LogP contribution in [0.4, 0.5) is 11.4 Å². The molecule has 19 heavy (non-hydrogen) atoms. The molecule has 0 fully saturated rings. The van der Waals surface area contributed by atoms with Gasteiger partial charge in [0.15, 0.2) is 11.5 Å². The van der Waals surface area contributed by atoms with Crippen molar-refractivity contribution in [3.8, 4) is 11.5 Å². The van der Waals surface area contributed by atoms with Crippen molar-refractivity contribution in [2.24, 2.45) is 4.99 Å². The minimum absolute atomic E-state index is 0.0387. The number of rotatable bonds is 3. The van der Waals surface area contributed by atoms with Crippen LogP contribution < -0.4 is 0 Å². The van der Waals surface area contributed by atoms with Gasteiger partial charge < -0.3 is 10.2 Å². The zero-order valence-electron chi connectivity index (χ0n) is 9.72. The number of hydrogen-bond donors (Lipinski definition) is 2. The molecule has 0 bridgehead atoms. The van der Waals surface area contributed by atoms with Crippen LogP contribution in [0, 0.1) is 10.1 Å². The molecule has 0 aliphatic heterocycles. The summed E-state index contributed by atoms with van der Waals surface area (Å²) in [7, 11) is 0. The van der Waals surface area contributed by atoms with Crippen LogP contribution >= 0.6 is 0 Å². The maximum Gasteiger partial charge on any atom is 0.271 e. The van der Waals surface area contributed by atoms with Crippen LogP contribution in [0.5, 0.6) is 11.5 Å². The summed E-state index contributed by atoms with van der Waals surface area (Å²) < 4.78 is 0. The minimum Gasteiger partial charge on any atom is -0.504 e. The molecular formula is C13H10N2O4. The zero-order valence-corrected chi connectivity index (χ0v) is 9.72. The number of phenolic OH excluding ortho intramolecular Hbond substituents is 2. The van der Waals surface area contributed by atoms with Gasteiger partial charge in [-0.15, -0.1) is 0 Å². The summed E-state index contributed by atoms with van der Waals surface area (Å²) in [5, 5.41) is 29.1. The van der Waals surface area contributed by atoms with Crippen LogP contribution in [0.25, 0.3) is 0 Å². The highest BCUT2D eigenvalue weighted by Gasteiger charge is 2.04. The Morgan fingerprint density at radius 2 is 1.89 bits per heavy atom. The molecule has 0 saturated heterocycles. The number of nitrogens with zero attached hydrogens (tertiary/aromatic N) is 2. The molecule has 2 rings (SSSR count). The topological polar surface area (TPSA) is 96.0 Å². The Hall–Kier alpha value is -2.89. The first-order chi connectivity index (χ1) is 9.06. The monoisotopic (exact) mass is 258 g/mol. The minimum atomic E-state index is -0.495. The van der Waals surface area contributed by atoms with Crippen molar-refractivity contribution in [1.82, 2.24) is 0 Å². The number of aliphatic imine (C=N–C) groups is 1. The highest BCUT2D eigenvalue weighted by Crippen LogP contribution is 2.25. The van der Waals surface area contributed by atoms with Crippen LogP contribution in [0.1, 0.15) is 5.56 Å². The third kappa shape index (κ3) is 3.06. The van der Waals surface area contributed by atoms with Crippen LogP contribution in [-0.2, 0) is 0 Å². The van der Waals surface area contributed by atoms with Crippen molar-refractivity contribution in [1.29, 1.82) is 0 Å². The molecule has 6 heteroatoms. The highest BCUT2D eigenvalue weighted by molar-refractivity contribution is 5.83. The van der Waals surface area contributed by atoms with Crippen molar-refractivity contribution in [2.45, 2.75) is 0 Å². The van der Waals surface area contributed by atoms with E-state index in [4.69, 9.17) is 5.11 Å². The Balaban J connectivity index is 2.24. The largest absolute Gasteiger partial charge is 0.504 e. The predicted molar refractivity (Wildman–Crippen MR) is 70.1 cm³/mol. The Morgan fingerprint density at radius 3 is 2.58 bits per heavy atom. The molecule has 0 atom stereocenters. The molecule has 0 aliphatic rings. The molecule has 0 saturated carbocycles. The summed E-state index contributed by atoms with van der Waals surface area (Å²) in [4.78, 5) is 14.2. The van der Waals surface area contributed by atoms with Gasteiger partial charge in [0.1, 0.15) is 0 Å². The van der Waals surface area contributed by atoms with Crippen molar-refractivity contribution < 1.29 is 15.1 Å². The fraction of sp³-hybridized carbons (Fsp3) is 0. The van der Waals surface area contributed by atoms with Gasteiger partial charge in [-0.2, -0.15) is 0 Å². The quantitative estimate of drug-likeness (QED) is 0.383. The Kier molecular flexibility index (Phi) is 3.42. The van der Waals surface area contributed by atoms with Crippen molar-refractivity contribution in [3.63, 3.8) is 0 Å². The van der Waals surface area contributed by atoms with E-state index in [1.54, 1.807) is 18.2 Å². The molecule has 96 valence electrons. The van der Waals surface area contributed by atoms with Gasteiger partial charge in [0.2, 0.25) is 0 Å². The second kappa shape index (κ2) is 5.18. The molecule has 0 unspecified atom stereocenters. The first-order valence-corrected chi connectivity index (χ1v) is 5.37. The molecule has 0 heterocycles. The second-order valence-corrected chi connectivity index (χ2v) is 3.78. The number of nitro benzene ring substituents is 1. The SMILES string of the molecule is O=[N+]([O-])c1cccc(N=Cc2ccc(O)c(O)c2)c1. The Morgan fingerprint density at radius 1 is 1.11 bits per heavy atom. The van der Waals surface area contributed by atoms with E-state index < -0.39 is 4.92 Å². The van der Waals surface area contributed by atoms with Gasteiger partial charge in [-0.1, -0.05) is 6.07 Å². The average molecular weight is 258 g/mol. The standard InChI is InChI=1S/C13H10N2O4/c16-12-5-4-9(6-13(12)17)8-14-10-2-1-3-11(7-10)15(18)19/h1-8,16-17H. The number of nitro groups is 1. The lowest BCUT2D eigenvalue weighted by Crippen LogP contribution is -1.86. The number of non-ortho nitro benzene ring substituents is 1. The fourth-order valence-electron chi connectivity index (χ4n) is 1.46. The zero-order chi connectivity index (χ0) is 13.8. The summed E-state index contributed by atoms with van der Waals surface area (Å²) >= 11 is 0. The van der Waals surface area contributed by atoms with Gasteiger partial charge in [0, 0.05) is 18.3 Å². The van der Waals surface area contributed by atoms with Crippen LogP contribution in [-0.4, -0.2) is 21.4 Å². The van der Waals surface area contributed by atoms with E-state index in [2.05, 4.69) is 4.99 Å². The molecule has 0 radical (unpaired) electrons. The average Bonchev–Trinajstić information content (AvgIpc) is 2.40. The third-order valence-electron chi connectivity index (χ3n) is 2.40. The lowest BCUT2D eigenvalue weighted by atomic mass is 10.2. The highest BCUT2D eigenvalue weighted by atomic mass is 16.6. The maximum absolute atomic E-state index is 10.6. The molecule has 0 aliphatic carbocycles. The van der Waals surface area contributed by atoms with Crippen molar-refractivity contribution in [3.05, 3.63) is 58.1 Å². The van der Waals surface area contributed by atoms with Crippen LogP contribution in [0.3, 0.4) is 0 Å². The van der Waals surface area contributed by atoms with E-state index in [-0.39, 0.29) is 17.2 Å². The molecule has 6 nitrogen and oxygen atoms in total. The predicted octanol–water partition coefficient (Wildman–Crippen LogP) is 2.76. The summed E-state index contributed by atoms with van der Waals surface area (Å²) in [5.74, 6) is -0.463. The molecule has 2 N–H and O–H groups in total. The van der Waals surface area contributed by atoms with Gasteiger partial charge in [-0.05, 0) is 29.8 Å². The number of phenols is 2. The molecule has 0 amide bonds. The number of hydrogen-bond acceptors (Lipinski definition) is 5. The summed E-state index contributed by atoms with van der Waals surface area (Å²) in [6.07, 6.45) is 1.44. The smallest absolute Gasteiger partial charge is 0.271 e. The number of benzene rings is 2. The first-order valence-electron chi connectivity index (χ1n) is 5.37. The van der Waals surface area contributed by atoms with Gasteiger partial charge in [0.25, 0.3) is 5.69 Å². The van der Waals surface area contributed by atoms with Crippen LogP contribution in [0.2, 0.25) is 0 Å². The molecule has 0 aromatic heterocycles. The van der Waals surface area contributed by atoms with E-state index in [1.165, 1.54) is 30.5 Å². The van der Waals surface area contributed by atoms with Crippen molar-refractivity contribution in [2.75, 3.05) is 0 Å². The van der Waals surface area contributed by atoms with Gasteiger partial charge in [-0.3, -0.25) is 15.1 Å². The number of aromatic hydroxyl groups is 2. The third-order valence-corrected chi connectivity index (χ3v) is 2.40.